The Morgan fingerprint density at radius 2 is 1.80 bits per heavy atom. The Labute approximate surface area is 146 Å². The maximum atomic E-state index is 13.0. The summed E-state index contributed by atoms with van der Waals surface area (Å²) in [6.45, 7) is 10.2. The normalized spacial score (nSPS) is 16.6. The number of nitrogens with zero attached hydrogens (tertiary/aromatic N) is 4. The average molecular weight is 348 g/mol. The Balaban J connectivity index is 1.51. The molecule has 2 aromatic rings. The molecule has 0 bridgehead atoms. The number of halogens is 1. The molecular weight excluding hydrogens is 323 g/mol. The smallest absolute Gasteiger partial charge is 0.388 e. The van der Waals surface area contributed by atoms with Crippen LogP contribution in [-0.4, -0.2) is 58.3 Å². The number of rotatable bonds is 6. The van der Waals surface area contributed by atoms with E-state index in [4.69, 9.17) is 4.42 Å². The van der Waals surface area contributed by atoms with Gasteiger partial charge in [0.05, 0.1) is 0 Å². The zero-order chi connectivity index (χ0) is 17.8. The monoisotopic (exact) mass is 348 g/mol. The van der Waals surface area contributed by atoms with E-state index in [0.717, 1.165) is 39.1 Å². The van der Waals surface area contributed by atoms with E-state index < -0.39 is 5.76 Å². The van der Waals surface area contributed by atoms with Crippen LogP contribution in [0.5, 0.6) is 0 Å². The lowest BCUT2D eigenvalue weighted by Crippen LogP contribution is -2.49. The van der Waals surface area contributed by atoms with Gasteiger partial charge in [-0.2, -0.15) is 4.68 Å². The highest BCUT2D eigenvalue weighted by atomic mass is 19.1. The van der Waals surface area contributed by atoms with E-state index in [1.54, 1.807) is 12.1 Å². The molecule has 1 aromatic heterocycles. The Bertz CT molecular complexity index is 730. The van der Waals surface area contributed by atoms with Crippen molar-refractivity contribution in [2.75, 3.05) is 32.7 Å². The van der Waals surface area contributed by atoms with Crippen LogP contribution in [-0.2, 0) is 6.54 Å². The molecule has 1 aliphatic rings. The Hall–Kier alpha value is -1.99. The van der Waals surface area contributed by atoms with Gasteiger partial charge in [0.1, 0.15) is 5.82 Å². The molecule has 0 unspecified atom stereocenters. The molecule has 0 atom stereocenters. The second-order valence-corrected chi connectivity index (χ2v) is 6.73. The minimum Gasteiger partial charge on any atom is -0.388 e. The molecule has 1 aromatic carbocycles. The van der Waals surface area contributed by atoms with Crippen molar-refractivity contribution in [1.82, 2.24) is 19.6 Å². The van der Waals surface area contributed by atoms with Gasteiger partial charge in [0, 0.05) is 50.9 Å². The van der Waals surface area contributed by atoms with Gasteiger partial charge in [-0.3, -0.25) is 4.90 Å². The highest BCUT2D eigenvalue weighted by Crippen LogP contribution is 2.15. The summed E-state index contributed by atoms with van der Waals surface area (Å²) < 4.78 is 19.5. The van der Waals surface area contributed by atoms with Gasteiger partial charge in [-0.05, 0) is 44.5 Å². The molecule has 1 aliphatic heterocycles. The zero-order valence-corrected chi connectivity index (χ0v) is 14.8. The minimum atomic E-state index is -0.469. The van der Waals surface area contributed by atoms with E-state index in [9.17, 15) is 9.18 Å². The average Bonchev–Trinajstić information content (AvgIpc) is 2.97. The fourth-order valence-corrected chi connectivity index (χ4v) is 3.10. The number of aromatic nitrogens is 2. The Morgan fingerprint density at radius 1 is 1.12 bits per heavy atom. The molecule has 1 saturated heterocycles. The summed E-state index contributed by atoms with van der Waals surface area (Å²) in [7, 11) is 0. The molecule has 7 heteroatoms. The molecule has 0 aliphatic carbocycles. The summed E-state index contributed by atoms with van der Waals surface area (Å²) >= 11 is 0. The van der Waals surface area contributed by atoms with Crippen LogP contribution in [0.2, 0.25) is 0 Å². The minimum absolute atomic E-state index is 0.232. The van der Waals surface area contributed by atoms with Crippen LogP contribution in [0.4, 0.5) is 4.39 Å². The molecule has 1 fully saturated rings. The molecule has 2 heterocycles. The van der Waals surface area contributed by atoms with Crippen molar-refractivity contribution in [2.45, 2.75) is 32.9 Å². The second kappa shape index (κ2) is 7.93. The first kappa shape index (κ1) is 17.8. The molecule has 3 rings (SSSR count). The summed E-state index contributed by atoms with van der Waals surface area (Å²) in [5.41, 5.74) is 0.599. The second-order valence-electron chi connectivity index (χ2n) is 6.73. The predicted octanol–water partition coefficient (Wildman–Crippen LogP) is 2.06. The van der Waals surface area contributed by atoms with Crippen molar-refractivity contribution < 1.29 is 8.81 Å². The highest BCUT2D eigenvalue weighted by molar-refractivity contribution is 5.51. The molecule has 0 amide bonds. The van der Waals surface area contributed by atoms with Gasteiger partial charge in [0.15, 0.2) is 0 Å². The summed E-state index contributed by atoms with van der Waals surface area (Å²) in [4.78, 5) is 16.8. The molecule has 6 nitrogen and oxygen atoms in total. The predicted molar refractivity (Wildman–Crippen MR) is 93.9 cm³/mol. The van der Waals surface area contributed by atoms with E-state index in [1.165, 1.54) is 16.8 Å². The first-order chi connectivity index (χ1) is 12.0. The summed E-state index contributed by atoms with van der Waals surface area (Å²) in [5, 5.41) is 4.22. The van der Waals surface area contributed by atoms with Crippen molar-refractivity contribution in [1.29, 1.82) is 0 Å². The van der Waals surface area contributed by atoms with Crippen LogP contribution in [0, 0.1) is 5.82 Å². The van der Waals surface area contributed by atoms with Gasteiger partial charge >= 0.3 is 5.76 Å². The van der Waals surface area contributed by atoms with Gasteiger partial charge in [0.2, 0.25) is 5.89 Å². The third-order valence-electron chi connectivity index (χ3n) is 4.68. The fourth-order valence-electron chi connectivity index (χ4n) is 3.10. The topological polar surface area (TPSA) is 54.5 Å². The zero-order valence-electron chi connectivity index (χ0n) is 14.8. The molecule has 0 N–H and O–H groups in total. The first-order valence-corrected chi connectivity index (χ1v) is 8.83. The SMILES string of the molecule is CC(C)N1CCN(CCCn2nc(-c3ccc(F)cc3)oc2=O)CC1. The quantitative estimate of drug-likeness (QED) is 0.800. The third kappa shape index (κ3) is 4.55. The lowest BCUT2D eigenvalue weighted by Gasteiger charge is -2.36. The number of benzene rings is 1. The van der Waals surface area contributed by atoms with Crippen LogP contribution < -0.4 is 5.76 Å². The lowest BCUT2D eigenvalue weighted by atomic mass is 10.2. The number of piperazine rings is 1. The van der Waals surface area contributed by atoms with E-state index >= 15 is 0 Å². The van der Waals surface area contributed by atoms with Gasteiger partial charge in [0.25, 0.3) is 0 Å². The maximum Gasteiger partial charge on any atom is 0.437 e. The van der Waals surface area contributed by atoms with Crippen LogP contribution in [0.1, 0.15) is 20.3 Å². The third-order valence-corrected chi connectivity index (χ3v) is 4.68. The van der Waals surface area contributed by atoms with Crippen LogP contribution in [0.15, 0.2) is 33.5 Å². The largest absolute Gasteiger partial charge is 0.437 e. The van der Waals surface area contributed by atoms with E-state index in [-0.39, 0.29) is 11.7 Å². The molecule has 0 radical (unpaired) electrons. The van der Waals surface area contributed by atoms with Crippen molar-refractivity contribution in [2.24, 2.45) is 0 Å². The summed E-state index contributed by atoms with van der Waals surface area (Å²) in [6, 6.07) is 6.36. The fraction of sp³-hybridized carbons (Fsp3) is 0.556. The molecule has 0 saturated carbocycles. The van der Waals surface area contributed by atoms with Gasteiger partial charge in [-0.15, -0.1) is 5.10 Å². The van der Waals surface area contributed by atoms with Crippen LogP contribution in [0.3, 0.4) is 0 Å². The first-order valence-electron chi connectivity index (χ1n) is 8.83. The number of hydrogen-bond acceptors (Lipinski definition) is 5. The van der Waals surface area contributed by atoms with Gasteiger partial charge < -0.3 is 9.32 Å². The van der Waals surface area contributed by atoms with Crippen LogP contribution in [0.25, 0.3) is 11.5 Å². The summed E-state index contributed by atoms with van der Waals surface area (Å²) in [5.74, 6) is -0.567. The summed E-state index contributed by atoms with van der Waals surface area (Å²) in [6.07, 6.45) is 0.844. The van der Waals surface area contributed by atoms with E-state index in [0.29, 0.717) is 18.2 Å². The van der Waals surface area contributed by atoms with Crippen molar-refractivity contribution in [3.8, 4) is 11.5 Å². The molecule has 25 heavy (non-hydrogen) atoms. The van der Waals surface area contributed by atoms with Crippen LogP contribution >= 0.6 is 0 Å². The van der Waals surface area contributed by atoms with Gasteiger partial charge in [-0.25, -0.2) is 9.18 Å². The Kier molecular flexibility index (Phi) is 5.65. The molecule has 136 valence electrons. The standard InChI is InChI=1S/C18H25FN4O2/c1-14(2)22-12-10-21(11-13-22)8-3-9-23-18(24)25-17(20-23)15-4-6-16(19)7-5-15/h4-7,14H,3,8-13H2,1-2H3. The van der Waals surface area contributed by atoms with Gasteiger partial charge in [-0.1, -0.05) is 0 Å². The lowest BCUT2D eigenvalue weighted by molar-refractivity contribution is 0.106. The number of aryl methyl sites for hydroxylation is 1. The molecular formula is C18H25FN4O2. The van der Waals surface area contributed by atoms with Crippen molar-refractivity contribution >= 4 is 0 Å². The van der Waals surface area contributed by atoms with Crippen molar-refractivity contribution in [3.05, 3.63) is 40.6 Å². The number of hydrogen-bond donors (Lipinski definition) is 0. The van der Waals surface area contributed by atoms with E-state index in [1.807, 2.05) is 0 Å². The molecule has 0 spiro atoms. The van der Waals surface area contributed by atoms with E-state index in [2.05, 4.69) is 28.7 Å². The highest BCUT2D eigenvalue weighted by Gasteiger charge is 2.18. The maximum absolute atomic E-state index is 13.0. The Morgan fingerprint density at radius 3 is 2.44 bits per heavy atom. The van der Waals surface area contributed by atoms with Crippen molar-refractivity contribution in [3.63, 3.8) is 0 Å².